The molecule has 0 aromatic carbocycles. The van der Waals surface area contributed by atoms with E-state index < -0.39 is 0 Å². The van der Waals surface area contributed by atoms with Gasteiger partial charge < -0.3 is 15.1 Å². The molecule has 100 valence electrons. The van der Waals surface area contributed by atoms with Gasteiger partial charge in [-0.25, -0.2) is 0 Å². The molecule has 2 unspecified atom stereocenters. The first-order valence-corrected chi connectivity index (χ1v) is 6.39. The van der Waals surface area contributed by atoms with Crippen LogP contribution in [0.2, 0.25) is 5.28 Å². The number of hydrogen-bond donors (Lipinski definition) is 1. The molecule has 2 heterocycles. The van der Waals surface area contributed by atoms with Gasteiger partial charge >= 0.3 is 0 Å². The van der Waals surface area contributed by atoms with E-state index in [1.54, 1.807) is 7.05 Å². The van der Waals surface area contributed by atoms with Crippen LogP contribution < -0.4 is 10.2 Å². The Kier molecular flexibility index (Phi) is 3.87. The highest BCUT2D eigenvalue weighted by Crippen LogP contribution is 2.24. The monoisotopic (exact) mass is 270 g/mol. The van der Waals surface area contributed by atoms with Crippen LogP contribution in [0.5, 0.6) is 0 Å². The molecule has 0 spiro atoms. The Morgan fingerprint density at radius 1 is 1.28 bits per heavy atom. The van der Waals surface area contributed by atoms with Crippen molar-refractivity contribution >= 4 is 23.5 Å². The van der Waals surface area contributed by atoms with Gasteiger partial charge in [0, 0.05) is 26.2 Å². The molecule has 18 heavy (non-hydrogen) atoms. The van der Waals surface area contributed by atoms with Crippen LogP contribution in [0.1, 0.15) is 6.92 Å². The van der Waals surface area contributed by atoms with Gasteiger partial charge in [-0.1, -0.05) is 6.92 Å². The number of likely N-dealkylation sites (N-methyl/N-ethyl adjacent to an activating group) is 1. The van der Waals surface area contributed by atoms with Crippen LogP contribution in [0.4, 0.5) is 11.9 Å². The minimum absolute atomic E-state index is 0.227. The summed E-state index contributed by atoms with van der Waals surface area (Å²) in [5, 5.41) is 3.12. The molecule has 0 amide bonds. The van der Waals surface area contributed by atoms with Gasteiger partial charge in [-0.15, -0.1) is 0 Å². The maximum atomic E-state index is 5.90. The predicted molar refractivity (Wildman–Crippen MR) is 73.2 cm³/mol. The standard InChI is InChI=1S/C11H19ClN6/c1-7-5-18(6-8(7)17(3)4)11-15-9(12)14-10(13-2)16-11/h7-8H,5-6H2,1-4H3,(H,13,14,15,16). The molecule has 2 rings (SSSR count). The lowest BCUT2D eigenvalue weighted by Crippen LogP contribution is -2.34. The summed E-state index contributed by atoms with van der Waals surface area (Å²) in [6.07, 6.45) is 0. The minimum atomic E-state index is 0.227. The molecule has 1 aliphatic heterocycles. The smallest absolute Gasteiger partial charge is 0.231 e. The Hall–Kier alpha value is -1.14. The Morgan fingerprint density at radius 3 is 2.56 bits per heavy atom. The fourth-order valence-electron chi connectivity index (χ4n) is 2.38. The van der Waals surface area contributed by atoms with E-state index in [2.05, 4.69) is 51.1 Å². The highest BCUT2D eigenvalue weighted by Gasteiger charge is 2.32. The van der Waals surface area contributed by atoms with Crippen LogP contribution in [-0.2, 0) is 0 Å². The van der Waals surface area contributed by atoms with Gasteiger partial charge in [-0.3, -0.25) is 0 Å². The summed E-state index contributed by atoms with van der Waals surface area (Å²) >= 11 is 5.90. The van der Waals surface area contributed by atoms with Crippen molar-refractivity contribution in [1.29, 1.82) is 0 Å². The first-order valence-electron chi connectivity index (χ1n) is 6.02. The number of rotatable bonds is 3. The van der Waals surface area contributed by atoms with Gasteiger partial charge in [0.2, 0.25) is 17.2 Å². The van der Waals surface area contributed by atoms with Crippen molar-refractivity contribution in [3.8, 4) is 0 Å². The molecule has 1 aliphatic rings. The second kappa shape index (κ2) is 5.24. The predicted octanol–water partition coefficient (Wildman–Crippen LogP) is 0.953. The number of aromatic nitrogens is 3. The zero-order chi connectivity index (χ0) is 13.3. The Labute approximate surface area is 112 Å². The molecule has 1 saturated heterocycles. The second-order valence-electron chi connectivity index (χ2n) is 4.89. The summed E-state index contributed by atoms with van der Waals surface area (Å²) < 4.78 is 0. The average Bonchev–Trinajstić information content (AvgIpc) is 2.70. The molecule has 2 atom stereocenters. The van der Waals surface area contributed by atoms with Crippen molar-refractivity contribution in [2.24, 2.45) is 5.92 Å². The molecule has 1 fully saturated rings. The van der Waals surface area contributed by atoms with Gasteiger partial charge in [0.15, 0.2) is 0 Å². The quantitative estimate of drug-likeness (QED) is 0.883. The SMILES string of the molecule is CNc1nc(Cl)nc(N2CC(C)C(N(C)C)C2)n1. The van der Waals surface area contributed by atoms with E-state index in [1.807, 2.05) is 0 Å². The first-order chi connectivity index (χ1) is 8.51. The Morgan fingerprint density at radius 2 is 2.00 bits per heavy atom. The van der Waals surface area contributed by atoms with Gasteiger partial charge in [0.25, 0.3) is 0 Å². The molecule has 0 radical (unpaired) electrons. The van der Waals surface area contributed by atoms with Crippen LogP contribution in [0.25, 0.3) is 0 Å². The zero-order valence-corrected chi connectivity index (χ0v) is 11.9. The van der Waals surface area contributed by atoms with Crippen LogP contribution in [0.3, 0.4) is 0 Å². The summed E-state index contributed by atoms with van der Waals surface area (Å²) in [7, 11) is 5.97. The van der Waals surface area contributed by atoms with Crippen molar-refractivity contribution in [2.75, 3.05) is 44.4 Å². The molecular formula is C11H19ClN6. The van der Waals surface area contributed by atoms with E-state index in [0.717, 1.165) is 13.1 Å². The molecular weight excluding hydrogens is 252 g/mol. The number of nitrogens with zero attached hydrogens (tertiary/aromatic N) is 5. The molecule has 1 aromatic rings. The van der Waals surface area contributed by atoms with E-state index in [0.29, 0.717) is 23.9 Å². The van der Waals surface area contributed by atoms with E-state index >= 15 is 0 Å². The van der Waals surface area contributed by atoms with Crippen molar-refractivity contribution in [3.05, 3.63) is 5.28 Å². The summed E-state index contributed by atoms with van der Waals surface area (Å²) in [6.45, 7) is 4.09. The van der Waals surface area contributed by atoms with Crippen molar-refractivity contribution in [1.82, 2.24) is 19.9 Å². The summed E-state index contributed by atoms with van der Waals surface area (Å²) in [6, 6.07) is 0.513. The topological polar surface area (TPSA) is 57.2 Å². The highest BCUT2D eigenvalue weighted by molar-refractivity contribution is 6.28. The first kappa shape index (κ1) is 13.3. The highest BCUT2D eigenvalue weighted by atomic mass is 35.5. The van der Waals surface area contributed by atoms with E-state index in [9.17, 15) is 0 Å². The third-order valence-electron chi connectivity index (χ3n) is 3.34. The van der Waals surface area contributed by atoms with Crippen molar-refractivity contribution in [2.45, 2.75) is 13.0 Å². The lowest BCUT2D eigenvalue weighted by atomic mass is 10.1. The number of nitrogens with one attached hydrogen (secondary N) is 1. The molecule has 1 aromatic heterocycles. The van der Waals surface area contributed by atoms with E-state index in [4.69, 9.17) is 11.6 Å². The van der Waals surface area contributed by atoms with E-state index in [1.165, 1.54) is 0 Å². The maximum Gasteiger partial charge on any atom is 0.231 e. The Balaban J connectivity index is 2.20. The lowest BCUT2D eigenvalue weighted by molar-refractivity contribution is 0.266. The normalized spacial score (nSPS) is 23.8. The second-order valence-corrected chi connectivity index (χ2v) is 5.23. The number of halogens is 1. The van der Waals surface area contributed by atoms with Crippen LogP contribution in [-0.4, -0.2) is 60.1 Å². The van der Waals surface area contributed by atoms with Crippen LogP contribution in [0, 0.1) is 5.92 Å². The fraction of sp³-hybridized carbons (Fsp3) is 0.727. The van der Waals surface area contributed by atoms with Gasteiger partial charge in [-0.2, -0.15) is 15.0 Å². The maximum absolute atomic E-state index is 5.90. The van der Waals surface area contributed by atoms with Gasteiger partial charge in [0.1, 0.15) is 0 Å². The third-order valence-corrected chi connectivity index (χ3v) is 3.51. The average molecular weight is 271 g/mol. The van der Waals surface area contributed by atoms with Crippen molar-refractivity contribution in [3.63, 3.8) is 0 Å². The summed E-state index contributed by atoms with van der Waals surface area (Å²) in [5.74, 6) is 1.73. The fourth-order valence-corrected chi connectivity index (χ4v) is 2.53. The molecule has 6 nitrogen and oxygen atoms in total. The lowest BCUT2D eigenvalue weighted by Gasteiger charge is -2.22. The zero-order valence-electron chi connectivity index (χ0n) is 11.2. The van der Waals surface area contributed by atoms with Crippen LogP contribution >= 0.6 is 11.6 Å². The molecule has 0 aliphatic carbocycles. The Bertz CT molecular complexity index is 424. The largest absolute Gasteiger partial charge is 0.357 e. The summed E-state index contributed by atoms with van der Waals surface area (Å²) in [5.41, 5.74) is 0. The third kappa shape index (κ3) is 2.64. The molecule has 0 saturated carbocycles. The molecule has 1 N–H and O–H groups in total. The number of hydrogen-bond acceptors (Lipinski definition) is 6. The van der Waals surface area contributed by atoms with E-state index in [-0.39, 0.29) is 5.28 Å². The summed E-state index contributed by atoms with van der Waals surface area (Å²) in [4.78, 5) is 16.9. The minimum Gasteiger partial charge on any atom is -0.357 e. The molecule has 7 heteroatoms. The van der Waals surface area contributed by atoms with Crippen LogP contribution in [0.15, 0.2) is 0 Å². The van der Waals surface area contributed by atoms with Gasteiger partial charge in [0.05, 0.1) is 0 Å². The molecule has 0 bridgehead atoms. The van der Waals surface area contributed by atoms with Gasteiger partial charge in [-0.05, 0) is 31.6 Å². The number of anilines is 2. The van der Waals surface area contributed by atoms with Crippen molar-refractivity contribution < 1.29 is 0 Å².